The molecule has 0 aromatic heterocycles. The summed E-state index contributed by atoms with van der Waals surface area (Å²) >= 11 is 0. The van der Waals surface area contributed by atoms with Crippen molar-refractivity contribution in [2.45, 2.75) is 6.92 Å². The van der Waals surface area contributed by atoms with Gasteiger partial charge in [0, 0.05) is 24.7 Å². The molecule has 0 unspecified atom stereocenters. The molecule has 20 heavy (non-hydrogen) atoms. The summed E-state index contributed by atoms with van der Waals surface area (Å²) in [6.07, 6.45) is 0. The second-order valence-electron chi connectivity index (χ2n) is 4.03. The average Bonchev–Trinajstić information content (AvgIpc) is 2.50. The Balaban J connectivity index is 2.82. The molecule has 0 saturated heterocycles. The Morgan fingerprint density at radius 3 is 2.45 bits per heavy atom. The van der Waals surface area contributed by atoms with E-state index in [2.05, 4.69) is 17.2 Å². The monoisotopic (exact) mass is 274 g/mol. The normalized spacial score (nSPS) is 9.35. The number of nitrogens with one attached hydrogen (secondary N) is 1. The highest BCUT2D eigenvalue weighted by atomic mass is 16.2. The van der Waals surface area contributed by atoms with E-state index in [1.165, 1.54) is 11.9 Å². The minimum absolute atomic E-state index is 0.0396. The van der Waals surface area contributed by atoms with Gasteiger partial charge in [-0.15, -0.1) is 0 Å². The Kier molecular flexibility index (Phi) is 6.27. The number of nitrogens with zero attached hydrogens (tertiary/aromatic N) is 1. The molecule has 0 aliphatic carbocycles. The fraction of sp³-hybridized carbons (Fsp3) is 0.333. The standard InChI is InChI=1S/C15H18N2O3/c1-3-17(11-14(19)16-2)15(20)13-8-6-12(7-9-13)5-4-10-18/h6-9,18H,3,10-11H2,1-2H3,(H,16,19). The van der Waals surface area contributed by atoms with Crippen LogP contribution in [-0.2, 0) is 4.79 Å². The number of benzene rings is 1. The van der Waals surface area contributed by atoms with E-state index in [4.69, 9.17) is 5.11 Å². The van der Waals surface area contributed by atoms with Gasteiger partial charge >= 0.3 is 0 Å². The molecule has 2 N–H and O–H groups in total. The first-order chi connectivity index (χ1) is 9.62. The lowest BCUT2D eigenvalue weighted by atomic mass is 10.1. The molecule has 0 spiro atoms. The molecular weight excluding hydrogens is 256 g/mol. The van der Waals surface area contributed by atoms with Crippen LogP contribution in [-0.4, -0.2) is 48.6 Å². The average molecular weight is 274 g/mol. The Bertz CT molecular complexity index is 526. The third-order valence-electron chi connectivity index (χ3n) is 2.73. The van der Waals surface area contributed by atoms with Gasteiger partial charge in [0.1, 0.15) is 6.61 Å². The van der Waals surface area contributed by atoms with Crippen molar-refractivity contribution in [3.8, 4) is 11.8 Å². The lowest BCUT2D eigenvalue weighted by Gasteiger charge is -2.19. The Labute approximate surface area is 118 Å². The second kappa shape index (κ2) is 7.97. The molecule has 5 heteroatoms. The van der Waals surface area contributed by atoms with Crippen molar-refractivity contribution in [3.63, 3.8) is 0 Å². The van der Waals surface area contributed by atoms with Crippen molar-refractivity contribution in [1.29, 1.82) is 0 Å². The highest BCUT2D eigenvalue weighted by molar-refractivity contribution is 5.96. The molecule has 0 radical (unpaired) electrons. The van der Waals surface area contributed by atoms with E-state index in [-0.39, 0.29) is 25.0 Å². The first-order valence-electron chi connectivity index (χ1n) is 6.32. The number of carbonyl (C=O) groups excluding carboxylic acids is 2. The van der Waals surface area contributed by atoms with Crippen LogP contribution >= 0.6 is 0 Å². The fourth-order valence-corrected chi connectivity index (χ4v) is 1.60. The van der Waals surface area contributed by atoms with Gasteiger partial charge in [-0.1, -0.05) is 11.8 Å². The predicted octanol–water partition coefficient (Wildman–Crippen LogP) is 0.238. The summed E-state index contributed by atoms with van der Waals surface area (Å²) in [6.45, 7) is 2.12. The molecule has 0 saturated carbocycles. The maximum Gasteiger partial charge on any atom is 0.254 e. The largest absolute Gasteiger partial charge is 0.384 e. The smallest absolute Gasteiger partial charge is 0.254 e. The number of aliphatic hydroxyl groups excluding tert-OH is 1. The summed E-state index contributed by atoms with van der Waals surface area (Å²) in [4.78, 5) is 25.0. The van der Waals surface area contributed by atoms with Crippen LogP contribution in [0.3, 0.4) is 0 Å². The summed E-state index contributed by atoms with van der Waals surface area (Å²) in [5.41, 5.74) is 1.23. The van der Waals surface area contributed by atoms with Crippen molar-refractivity contribution in [2.24, 2.45) is 0 Å². The van der Waals surface area contributed by atoms with Crippen LogP contribution in [0, 0.1) is 11.8 Å². The Morgan fingerprint density at radius 2 is 1.95 bits per heavy atom. The van der Waals surface area contributed by atoms with Gasteiger partial charge in [-0.3, -0.25) is 9.59 Å². The van der Waals surface area contributed by atoms with Crippen LogP contribution < -0.4 is 5.32 Å². The molecule has 0 fully saturated rings. The van der Waals surface area contributed by atoms with E-state index in [1.54, 1.807) is 24.3 Å². The summed E-state index contributed by atoms with van der Waals surface area (Å²) in [7, 11) is 1.54. The highest BCUT2D eigenvalue weighted by Gasteiger charge is 2.16. The van der Waals surface area contributed by atoms with Gasteiger partial charge in [-0.05, 0) is 31.2 Å². The molecule has 0 bridgehead atoms. The van der Waals surface area contributed by atoms with E-state index in [1.807, 2.05) is 6.92 Å². The number of likely N-dealkylation sites (N-methyl/N-ethyl adjacent to an activating group) is 2. The molecule has 2 amide bonds. The van der Waals surface area contributed by atoms with Crippen molar-refractivity contribution in [1.82, 2.24) is 10.2 Å². The number of rotatable bonds is 4. The third-order valence-corrected chi connectivity index (χ3v) is 2.73. The minimum Gasteiger partial charge on any atom is -0.384 e. The first-order valence-corrected chi connectivity index (χ1v) is 6.32. The molecule has 0 aliphatic heterocycles. The SMILES string of the molecule is CCN(CC(=O)NC)C(=O)c1ccc(C#CCO)cc1. The molecular formula is C15H18N2O3. The van der Waals surface area contributed by atoms with Crippen LogP contribution in [0.15, 0.2) is 24.3 Å². The molecule has 0 heterocycles. The highest BCUT2D eigenvalue weighted by Crippen LogP contribution is 2.07. The van der Waals surface area contributed by atoms with E-state index >= 15 is 0 Å². The van der Waals surface area contributed by atoms with Crippen molar-refractivity contribution in [2.75, 3.05) is 26.7 Å². The molecule has 0 aliphatic rings. The van der Waals surface area contributed by atoms with E-state index in [0.717, 1.165) is 5.56 Å². The lowest BCUT2D eigenvalue weighted by Crippen LogP contribution is -2.39. The van der Waals surface area contributed by atoms with E-state index in [0.29, 0.717) is 12.1 Å². The molecule has 1 aromatic rings. The summed E-state index contributed by atoms with van der Waals surface area (Å²) in [5, 5.41) is 11.1. The maximum absolute atomic E-state index is 12.2. The number of hydrogen-bond donors (Lipinski definition) is 2. The van der Waals surface area contributed by atoms with Crippen LogP contribution in [0.25, 0.3) is 0 Å². The zero-order chi connectivity index (χ0) is 15.0. The maximum atomic E-state index is 12.2. The first kappa shape index (κ1) is 15.7. The van der Waals surface area contributed by atoms with Crippen molar-refractivity contribution < 1.29 is 14.7 Å². The number of hydrogen-bond acceptors (Lipinski definition) is 3. The minimum atomic E-state index is -0.203. The van der Waals surface area contributed by atoms with Gasteiger partial charge in [0.05, 0.1) is 6.54 Å². The topological polar surface area (TPSA) is 69.6 Å². The Morgan fingerprint density at radius 1 is 1.30 bits per heavy atom. The molecule has 106 valence electrons. The zero-order valence-electron chi connectivity index (χ0n) is 11.6. The van der Waals surface area contributed by atoms with E-state index in [9.17, 15) is 9.59 Å². The van der Waals surface area contributed by atoms with Crippen LogP contribution in [0.4, 0.5) is 0 Å². The Hall–Kier alpha value is -2.32. The second-order valence-corrected chi connectivity index (χ2v) is 4.03. The van der Waals surface area contributed by atoms with Gasteiger partial charge in [-0.25, -0.2) is 0 Å². The van der Waals surface area contributed by atoms with Crippen LogP contribution in [0.1, 0.15) is 22.8 Å². The molecule has 1 aromatic carbocycles. The van der Waals surface area contributed by atoms with Crippen molar-refractivity contribution >= 4 is 11.8 Å². The lowest BCUT2D eigenvalue weighted by molar-refractivity contribution is -0.121. The molecule has 0 atom stereocenters. The van der Waals surface area contributed by atoms with E-state index < -0.39 is 0 Å². The molecule has 5 nitrogen and oxygen atoms in total. The predicted molar refractivity (Wildman–Crippen MR) is 76.1 cm³/mol. The molecule has 1 rings (SSSR count). The van der Waals surface area contributed by atoms with Gasteiger partial charge < -0.3 is 15.3 Å². The van der Waals surface area contributed by atoms with Gasteiger partial charge in [0.2, 0.25) is 5.91 Å². The summed E-state index contributed by atoms with van der Waals surface area (Å²) in [5.74, 6) is 4.89. The van der Waals surface area contributed by atoms with Gasteiger partial charge in [-0.2, -0.15) is 0 Å². The summed E-state index contributed by atoms with van der Waals surface area (Å²) in [6, 6.07) is 6.75. The number of amides is 2. The van der Waals surface area contributed by atoms with Crippen molar-refractivity contribution in [3.05, 3.63) is 35.4 Å². The van der Waals surface area contributed by atoms with Gasteiger partial charge in [0.15, 0.2) is 0 Å². The quantitative estimate of drug-likeness (QED) is 0.773. The number of carbonyl (C=O) groups is 2. The summed E-state index contributed by atoms with van der Waals surface area (Å²) < 4.78 is 0. The third kappa shape index (κ3) is 4.41. The zero-order valence-corrected chi connectivity index (χ0v) is 11.6. The van der Waals surface area contributed by atoms with Crippen LogP contribution in [0.2, 0.25) is 0 Å². The van der Waals surface area contributed by atoms with Gasteiger partial charge in [0.25, 0.3) is 5.91 Å². The van der Waals surface area contributed by atoms with Crippen LogP contribution in [0.5, 0.6) is 0 Å². The fourth-order valence-electron chi connectivity index (χ4n) is 1.60. The number of aliphatic hydroxyl groups is 1.